The molecule has 1 N–H and O–H groups in total. The topological polar surface area (TPSA) is 117 Å². The van der Waals surface area contributed by atoms with Gasteiger partial charge >= 0.3 is 5.97 Å². The molecule has 0 spiro atoms. The molecule has 1 heterocycles. The van der Waals surface area contributed by atoms with E-state index in [4.69, 9.17) is 14.2 Å². The summed E-state index contributed by atoms with van der Waals surface area (Å²) in [5.41, 5.74) is -0.0728. The summed E-state index contributed by atoms with van der Waals surface area (Å²) in [5.74, 6) is -0.567. The van der Waals surface area contributed by atoms with Crippen molar-refractivity contribution in [3.05, 3.63) is 33.9 Å². The Hall–Kier alpha value is -3.10. The van der Waals surface area contributed by atoms with Crippen LogP contribution >= 0.6 is 0 Å². The van der Waals surface area contributed by atoms with E-state index in [2.05, 4.69) is 5.32 Å². The van der Waals surface area contributed by atoms with Crippen molar-refractivity contribution in [1.29, 1.82) is 0 Å². The van der Waals surface area contributed by atoms with Crippen molar-refractivity contribution in [1.82, 2.24) is 5.32 Å². The van der Waals surface area contributed by atoms with E-state index in [-0.39, 0.29) is 23.8 Å². The number of hydrogen-bond acceptors (Lipinski definition) is 7. The minimum atomic E-state index is -0.963. The summed E-state index contributed by atoms with van der Waals surface area (Å²) >= 11 is 0. The Kier molecular flexibility index (Phi) is 5.93. The molecule has 1 aliphatic rings. The van der Waals surface area contributed by atoms with Crippen molar-refractivity contribution in [3.8, 4) is 11.5 Å². The molecule has 1 atom stereocenters. The van der Waals surface area contributed by atoms with Crippen LogP contribution in [0.4, 0.5) is 5.69 Å². The molecular formula is C16H18N2O7. The van der Waals surface area contributed by atoms with Gasteiger partial charge in [-0.3, -0.25) is 14.9 Å². The van der Waals surface area contributed by atoms with E-state index in [0.717, 1.165) is 12.5 Å². The van der Waals surface area contributed by atoms with E-state index < -0.39 is 22.9 Å². The summed E-state index contributed by atoms with van der Waals surface area (Å²) in [6.07, 6.45) is 2.06. The summed E-state index contributed by atoms with van der Waals surface area (Å²) in [7, 11) is 0. The standard InChI is InChI=1S/C16H18N2O7/c1-3-6-17-16(20)10(2)25-15(19)5-4-11-7-13-14(24-9-23-13)8-12(11)18(21)22/h4-5,7-8,10H,3,6,9H2,1-2H3,(H,17,20). The van der Waals surface area contributed by atoms with Crippen LogP contribution in [0.5, 0.6) is 11.5 Å². The van der Waals surface area contributed by atoms with Gasteiger partial charge < -0.3 is 19.5 Å². The SMILES string of the molecule is CCCNC(=O)C(C)OC(=O)C=Cc1cc2c(cc1[N+](=O)[O-])OCO2. The highest BCUT2D eigenvalue weighted by molar-refractivity contribution is 5.91. The van der Waals surface area contributed by atoms with Gasteiger partial charge in [0, 0.05) is 12.6 Å². The number of nitro benzene ring substituents is 1. The molecule has 0 bridgehead atoms. The second-order valence-electron chi connectivity index (χ2n) is 5.22. The lowest BCUT2D eigenvalue weighted by Gasteiger charge is -2.11. The van der Waals surface area contributed by atoms with Gasteiger partial charge in [-0.2, -0.15) is 0 Å². The highest BCUT2D eigenvalue weighted by atomic mass is 16.7. The largest absolute Gasteiger partial charge is 0.454 e. The van der Waals surface area contributed by atoms with E-state index >= 15 is 0 Å². The lowest BCUT2D eigenvalue weighted by molar-refractivity contribution is -0.385. The van der Waals surface area contributed by atoms with E-state index in [0.29, 0.717) is 12.3 Å². The van der Waals surface area contributed by atoms with Crippen molar-refractivity contribution in [2.45, 2.75) is 26.4 Å². The first-order chi connectivity index (χ1) is 11.9. The Morgan fingerprint density at radius 2 is 2.08 bits per heavy atom. The molecule has 0 aromatic heterocycles. The Bertz CT molecular complexity index is 715. The van der Waals surface area contributed by atoms with Gasteiger partial charge in [-0.15, -0.1) is 0 Å². The molecule has 0 saturated carbocycles. The van der Waals surface area contributed by atoms with Gasteiger partial charge in [0.05, 0.1) is 16.6 Å². The van der Waals surface area contributed by atoms with Crippen LogP contribution in [0.2, 0.25) is 0 Å². The predicted molar refractivity (Wildman–Crippen MR) is 87.1 cm³/mol. The fourth-order valence-corrected chi connectivity index (χ4v) is 2.06. The lowest BCUT2D eigenvalue weighted by Crippen LogP contribution is -2.35. The summed E-state index contributed by atoms with van der Waals surface area (Å²) in [6, 6.07) is 2.63. The van der Waals surface area contributed by atoms with Gasteiger partial charge in [-0.05, 0) is 25.5 Å². The quantitative estimate of drug-likeness (QED) is 0.345. The number of benzene rings is 1. The number of nitrogens with one attached hydrogen (secondary N) is 1. The van der Waals surface area contributed by atoms with E-state index in [1.54, 1.807) is 0 Å². The Morgan fingerprint density at radius 1 is 1.40 bits per heavy atom. The molecule has 134 valence electrons. The van der Waals surface area contributed by atoms with Gasteiger partial charge in [0.1, 0.15) is 0 Å². The predicted octanol–water partition coefficient (Wildman–Crippen LogP) is 1.79. The van der Waals surface area contributed by atoms with Crippen molar-refractivity contribution < 1.29 is 28.7 Å². The second-order valence-corrected chi connectivity index (χ2v) is 5.22. The second kappa shape index (κ2) is 8.13. The van der Waals surface area contributed by atoms with Crippen molar-refractivity contribution >= 4 is 23.6 Å². The molecule has 0 radical (unpaired) electrons. The average molecular weight is 350 g/mol. The molecule has 0 aliphatic carbocycles. The Labute approximate surface area is 143 Å². The molecule has 0 fully saturated rings. The first kappa shape index (κ1) is 18.2. The molecule has 1 aliphatic heterocycles. The summed E-state index contributed by atoms with van der Waals surface area (Å²) in [5, 5.41) is 13.7. The van der Waals surface area contributed by atoms with E-state index in [1.165, 1.54) is 25.1 Å². The number of amides is 1. The van der Waals surface area contributed by atoms with Crippen LogP contribution in [0.15, 0.2) is 18.2 Å². The minimum Gasteiger partial charge on any atom is -0.454 e. The van der Waals surface area contributed by atoms with Gasteiger partial charge in [0.15, 0.2) is 17.6 Å². The molecule has 1 aromatic carbocycles. The monoisotopic (exact) mass is 350 g/mol. The van der Waals surface area contributed by atoms with Crippen LogP contribution in [-0.2, 0) is 14.3 Å². The zero-order valence-electron chi connectivity index (χ0n) is 13.8. The molecule has 25 heavy (non-hydrogen) atoms. The number of nitrogens with zero attached hydrogens (tertiary/aromatic N) is 1. The zero-order valence-corrected chi connectivity index (χ0v) is 13.8. The van der Waals surface area contributed by atoms with Crippen LogP contribution < -0.4 is 14.8 Å². The molecule has 9 heteroatoms. The fourth-order valence-electron chi connectivity index (χ4n) is 2.06. The van der Waals surface area contributed by atoms with Gasteiger partial charge in [0.2, 0.25) is 6.79 Å². The van der Waals surface area contributed by atoms with Crippen molar-refractivity contribution in [2.75, 3.05) is 13.3 Å². The highest BCUT2D eigenvalue weighted by Gasteiger charge is 2.22. The van der Waals surface area contributed by atoms with Gasteiger partial charge in [-0.1, -0.05) is 6.92 Å². The summed E-state index contributed by atoms with van der Waals surface area (Å²) in [4.78, 5) is 34.0. The molecule has 1 unspecified atom stereocenters. The van der Waals surface area contributed by atoms with Crippen LogP contribution in [0.3, 0.4) is 0 Å². The van der Waals surface area contributed by atoms with Crippen LogP contribution in [0.25, 0.3) is 6.08 Å². The maximum atomic E-state index is 11.8. The van der Waals surface area contributed by atoms with Gasteiger partial charge in [-0.25, -0.2) is 4.79 Å². The van der Waals surface area contributed by atoms with Crippen molar-refractivity contribution in [2.24, 2.45) is 0 Å². The third-order valence-electron chi connectivity index (χ3n) is 3.33. The highest BCUT2D eigenvalue weighted by Crippen LogP contribution is 2.38. The number of rotatable bonds is 7. The average Bonchev–Trinajstić information content (AvgIpc) is 3.04. The van der Waals surface area contributed by atoms with E-state index in [1.807, 2.05) is 6.92 Å². The molecule has 9 nitrogen and oxygen atoms in total. The maximum absolute atomic E-state index is 11.8. The van der Waals surface area contributed by atoms with Crippen LogP contribution in [0, 0.1) is 10.1 Å². The molecule has 1 amide bonds. The number of esters is 1. The normalized spacial score (nSPS) is 13.5. The third kappa shape index (κ3) is 4.69. The van der Waals surface area contributed by atoms with Gasteiger partial charge in [0.25, 0.3) is 11.6 Å². The number of carbonyl (C=O) groups excluding carboxylic acids is 2. The maximum Gasteiger partial charge on any atom is 0.331 e. The molecule has 0 saturated heterocycles. The molecular weight excluding hydrogens is 332 g/mol. The lowest BCUT2D eigenvalue weighted by atomic mass is 10.1. The first-order valence-corrected chi connectivity index (χ1v) is 7.66. The summed E-state index contributed by atoms with van der Waals surface area (Å²) in [6.45, 7) is 3.81. The third-order valence-corrected chi connectivity index (χ3v) is 3.33. The molecule has 1 aromatic rings. The first-order valence-electron chi connectivity index (χ1n) is 7.66. The summed E-state index contributed by atoms with van der Waals surface area (Å²) < 4.78 is 15.2. The number of ether oxygens (including phenoxy) is 3. The zero-order chi connectivity index (χ0) is 18.4. The van der Waals surface area contributed by atoms with Crippen molar-refractivity contribution in [3.63, 3.8) is 0 Å². The van der Waals surface area contributed by atoms with E-state index in [9.17, 15) is 19.7 Å². The van der Waals surface area contributed by atoms with Crippen LogP contribution in [-0.4, -0.2) is 36.2 Å². The minimum absolute atomic E-state index is 0.0217. The Balaban J connectivity index is 2.07. The Morgan fingerprint density at radius 3 is 2.72 bits per heavy atom. The van der Waals surface area contributed by atoms with Crippen LogP contribution in [0.1, 0.15) is 25.8 Å². The number of fused-ring (bicyclic) bond motifs is 1. The number of nitro groups is 1. The molecule has 2 rings (SSSR count). The fraction of sp³-hybridized carbons (Fsp3) is 0.375. The smallest absolute Gasteiger partial charge is 0.331 e. The number of carbonyl (C=O) groups is 2. The number of hydrogen-bond donors (Lipinski definition) is 1.